The molecule has 2 saturated heterocycles. The lowest BCUT2D eigenvalue weighted by Gasteiger charge is -2.27. The lowest BCUT2D eigenvalue weighted by molar-refractivity contribution is 0.157. The molecule has 0 radical (unpaired) electrons. The summed E-state index contributed by atoms with van der Waals surface area (Å²) in [7, 11) is 3.67. The van der Waals surface area contributed by atoms with Crippen LogP contribution < -0.4 is 5.32 Å². The maximum absolute atomic E-state index is 5.31. The summed E-state index contributed by atoms with van der Waals surface area (Å²) >= 11 is 0. The van der Waals surface area contributed by atoms with E-state index < -0.39 is 0 Å². The summed E-state index contributed by atoms with van der Waals surface area (Å²) in [6, 6.07) is 8.83. The summed E-state index contributed by atoms with van der Waals surface area (Å²) in [6.45, 7) is 7.30. The minimum atomic E-state index is 0. The van der Waals surface area contributed by atoms with Crippen molar-refractivity contribution in [2.24, 2.45) is 10.9 Å². The maximum atomic E-state index is 5.31. The van der Waals surface area contributed by atoms with Gasteiger partial charge in [-0.1, -0.05) is 30.7 Å². The third kappa shape index (κ3) is 6.61. The molecule has 0 bridgehead atoms. The number of methoxy groups -OCH3 is 1. The van der Waals surface area contributed by atoms with Crippen molar-refractivity contribution in [1.29, 1.82) is 0 Å². The fraction of sp³-hybridized carbons (Fsp3) is 0.667. The molecule has 1 unspecified atom stereocenters. The van der Waals surface area contributed by atoms with Crippen LogP contribution in [0, 0.1) is 5.92 Å². The third-order valence-corrected chi connectivity index (χ3v) is 5.60. The zero-order chi connectivity index (χ0) is 18.2. The number of rotatable bonds is 6. The number of piperidine rings is 1. The molecule has 1 aromatic carbocycles. The molecule has 0 aromatic heterocycles. The summed E-state index contributed by atoms with van der Waals surface area (Å²) in [5.41, 5.74) is 2.82. The number of benzene rings is 1. The van der Waals surface area contributed by atoms with Crippen LogP contribution in [0.4, 0.5) is 0 Å². The highest BCUT2D eigenvalue weighted by atomic mass is 127. The molecule has 5 nitrogen and oxygen atoms in total. The molecule has 1 aromatic rings. The molecule has 152 valence electrons. The summed E-state index contributed by atoms with van der Waals surface area (Å²) in [6.07, 6.45) is 5.24. The zero-order valence-electron chi connectivity index (χ0n) is 16.8. The molecule has 6 heteroatoms. The Labute approximate surface area is 181 Å². The fourth-order valence-electron chi connectivity index (χ4n) is 4.15. The predicted molar refractivity (Wildman–Crippen MR) is 123 cm³/mol. The first-order chi connectivity index (χ1) is 12.8. The van der Waals surface area contributed by atoms with Crippen LogP contribution in [0.5, 0.6) is 0 Å². The minimum absolute atomic E-state index is 0. The van der Waals surface area contributed by atoms with E-state index in [0.717, 1.165) is 38.7 Å². The second-order valence-corrected chi connectivity index (χ2v) is 7.56. The summed E-state index contributed by atoms with van der Waals surface area (Å²) in [5.74, 6) is 1.63. The molecule has 2 fully saturated rings. The topological polar surface area (TPSA) is 40.1 Å². The zero-order valence-corrected chi connectivity index (χ0v) is 19.2. The molecular weight excluding hydrogens is 451 g/mol. The van der Waals surface area contributed by atoms with Gasteiger partial charge in [0.2, 0.25) is 0 Å². The summed E-state index contributed by atoms with van der Waals surface area (Å²) in [5, 5.41) is 3.58. The number of nitrogens with zero attached hydrogens (tertiary/aromatic N) is 3. The first-order valence-corrected chi connectivity index (χ1v) is 10.0. The van der Waals surface area contributed by atoms with Gasteiger partial charge >= 0.3 is 0 Å². The van der Waals surface area contributed by atoms with E-state index in [0.29, 0.717) is 5.92 Å². The van der Waals surface area contributed by atoms with Gasteiger partial charge in [0, 0.05) is 46.3 Å². The van der Waals surface area contributed by atoms with Crippen LogP contribution in [-0.4, -0.2) is 62.7 Å². The van der Waals surface area contributed by atoms with Gasteiger partial charge in [0.1, 0.15) is 0 Å². The largest absolute Gasteiger partial charge is 0.384 e. The quantitative estimate of drug-likeness (QED) is 0.381. The first kappa shape index (κ1) is 22.4. The monoisotopic (exact) mass is 486 g/mol. The Kier molecular flexibility index (Phi) is 9.86. The third-order valence-electron chi connectivity index (χ3n) is 5.60. The molecule has 2 heterocycles. The van der Waals surface area contributed by atoms with Crippen LogP contribution in [0.1, 0.15) is 36.8 Å². The van der Waals surface area contributed by atoms with E-state index in [1.54, 1.807) is 7.11 Å². The van der Waals surface area contributed by atoms with E-state index in [4.69, 9.17) is 4.74 Å². The van der Waals surface area contributed by atoms with Gasteiger partial charge in [-0.15, -0.1) is 24.0 Å². The number of hydrogen-bond acceptors (Lipinski definition) is 3. The van der Waals surface area contributed by atoms with Crippen molar-refractivity contribution in [3.63, 3.8) is 0 Å². The Morgan fingerprint density at radius 1 is 1.15 bits per heavy atom. The molecule has 27 heavy (non-hydrogen) atoms. The van der Waals surface area contributed by atoms with Crippen LogP contribution in [0.25, 0.3) is 0 Å². The van der Waals surface area contributed by atoms with Gasteiger partial charge in [-0.25, -0.2) is 0 Å². The van der Waals surface area contributed by atoms with E-state index in [1.807, 2.05) is 7.05 Å². The van der Waals surface area contributed by atoms with Gasteiger partial charge < -0.3 is 15.0 Å². The van der Waals surface area contributed by atoms with Gasteiger partial charge in [0.15, 0.2) is 5.96 Å². The van der Waals surface area contributed by atoms with E-state index in [2.05, 4.69) is 44.4 Å². The van der Waals surface area contributed by atoms with E-state index in [9.17, 15) is 0 Å². The second-order valence-electron chi connectivity index (χ2n) is 7.56. The molecule has 2 aliphatic rings. The van der Waals surface area contributed by atoms with Crippen LogP contribution in [0.3, 0.4) is 0 Å². The van der Waals surface area contributed by atoms with E-state index in [1.165, 1.54) is 49.9 Å². The standard InChI is InChI=1S/C21H34N4O.HI/c1-22-21(25-13-10-18(15-25)17-26-2)23-14-19-8-4-5-9-20(19)16-24-11-6-3-7-12-24;/h4-5,8-9,18H,3,6-7,10-17H2,1-2H3,(H,22,23);1H. The van der Waals surface area contributed by atoms with Crippen molar-refractivity contribution in [1.82, 2.24) is 15.1 Å². The number of guanidine groups is 1. The molecule has 0 saturated carbocycles. The van der Waals surface area contributed by atoms with Crippen LogP contribution in [0.2, 0.25) is 0 Å². The second kappa shape index (κ2) is 11.9. The molecule has 3 rings (SSSR count). The number of halogens is 1. The molecule has 0 aliphatic carbocycles. The van der Waals surface area contributed by atoms with Gasteiger partial charge in [-0.2, -0.15) is 0 Å². The molecule has 1 atom stereocenters. The Bertz CT molecular complexity index is 589. The predicted octanol–water partition coefficient (Wildman–Crippen LogP) is 3.33. The normalized spacial score (nSPS) is 21.2. The van der Waals surface area contributed by atoms with Crippen molar-refractivity contribution in [2.45, 2.75) is 38.8 Å². The highest BCUT2D eigenvalue weighted by Gasteiger charge is 2.24. The Hall–Kier alpha value is -0.860. The highest BCUT2D eigenvalue weighted by molar-refractivity contribution is 14.0. The number of hydrogen-bond donors (Lipinski definition) is 1. The number of likely N-dealkylation sites (tertiary alicyclic amines) is 2. The molecular formula is C21H35IN4O. The minimum Gasteiger partial charge on any atom is -0.384 e. The van der Waals surface area contributed by atoms with Crippen LogP contribution >= 0.6 is 24.0 Å². The van der Waals surface area contributed by atoms with Gasteiger partial charge in [0.05, 0.1) is 6.61 Å². The van der Waals surface area contributed by atoms with Crippen molar-refractivity contribution in [3.8, 4) is 0 Å². The summed E-state index contributed by atoms with van der Waals surface area (Å²) in [4.78, 5) is 9.45. The van der Waals surface area contributed by atoms with Crippen molar-refractivity contribution in [2.75, 3.05) is 46.9 Å². The average molecular weight is 486 g/mol. The van der Waals surface area contributed by atoms with Gasteiger partial charge in [0.25, 0.3) is 0 Å². The lowest BCUT2D eigenvalue weighted by atomic mass is 10.0. The number of aliphatic imine (C=N–C) groups is 1. The summed E-state index contributed by atoms with van der Waals surface area (Å²) < 4.78 is 5.31. The maximum Gasteiger partial charge on any atom is 0.193 e. The lowest BCUT2D eigenvalue weighted by Crippen LogP contribution is -2.40. The van der Waals surface area contributed by atoms with Crippen LogP contribution in [0.15, 0.2) is 29.3 Å². The molecule has 2 aliphatic heterocycles. The highest BCUT2D eigenvalue weighted by Crippen LogP contribution is 2.18. The molecule has 1 N–H and O–H groups in total. The fourth-order valence-corrected chi connectivity index (χ4v) is 4.15. The Morgan fingerprint density at radius 2 is 1.89 bits per heavy atom. The van der Waals surface area contributed by atoms with Crippen molar-refractivity contribution < 1.29 is 4.74 Å². The van der Waals surface area contributed by atoms with Gasteiger partial charge in [-0.05, 0) is 43.5 Å². The molecule has 0 amide bonds. The van der Waals surface area contributed by atoms with E-state index >= 15 is 0 Å². The van der Waals surface area contributed by atoms with E-state index in [-0.39, 0.29) is 24.0 Å². The van der Waals surface area contributed by atoms with Crippen molar-refractivity contribution >= 4 is 29.9 Å². The molecule has 0 spiro atoms. The SMILES string of the molecule is CN=C(NCc1ccccc1CN1CCCCC1)N1CCC(COC)C1.I. The van der Waals surface area contributed by atoms with Gasteiger partial charge in [-0.3, -0.25) is 9.89 Å². The Morgan fingerprint density at radius 3 is 2.59 bits per heavy atom. The van der Waals surface area contributed by atoms with Crippen molar-refractivity contribution in [3.05, 3.63) is 35.4 Å². The van der Waals surface area contributed by atoms with Crippen LogP contribution in [-0.2, 0) is 17.8 Å². The number of ether oxygens (including phenoxy) is 1. The average Bonchev–Trinajstić information content (AvgIpc) is 3.13. The number of nitrogens with one attached hydrogen (secondary N) is 1. The smallest absolute Gasteiger partial charge is 0.193 e. The first-order valence-electron chi connectivity index (χ1n) is 10.0. The Balaban J connectivity index is 0.00000261.